The summed E-state index contributed by atoms with van der Waals surface area (Å²) >= 11 is 3.44. The fourth-order valence-corrected chi connectivity index (χ4v) is 1.64. The zero-order chi connectivity index (χ0) is 8.27. The quantitative estimate of drug-likeness (QED) is 0.664. The maximum absolute atomic E-state index is 3.44. The minimum Gasteiger partial charge on any atom is -0.0520 e. The number of rotatable bonds is 1. The van der Waals surface area contributed by atoms with Gasteiger partial charge in [-0.05, 0) is 43.2 Å². The molecular weight excluding hydrogens is 200 g/mol. The first-order chi connectivity index (χ1) is 5.22. The van der Waals surface area contributed by atoms with Crippen molar-refractivity contribution >= 4 is 22.0 Å². The smallest absolute Gasteiger partial charge is 0.0183 e. The van der Waals surface area contributed by atoms with E-state index < -0.39 is 0 Å². The average Bonchev–Trinajstić information content (AvgIpc) is 1.85. The maximum atomic E-state index is 3.44. The summed E-state index contributed by atoms with van der Waals surface area (Å²) in [6, 6.07) is 6.29. The highest BCUT2D eigenvalue weighted by Gasteiger charge is 1.91. The van der Waals surface area contributed by atoms with Crippen LogP contribution in [0.15, 0.2) is 22.7 Å². The molecular formula is C10H10Br. The van der Waals surface area contributed by atoms with Crippen LogP contribution in [-0.4, -0.2) is 0 Å². The van der Waals surface area contributed by atoms with Gasteiger partial charge in [-0.3, -0.25) is 0 Å². The van der Waals surface area contributed by atoms with Crippen LogP contribution >= 0.6 is 15.9 Å². The molecule has 0 aromatic heterocycles. The van der Waals surface area contributed by atoms with Crippen LogP contribution in [0, 0.1) is 13.0 Å². The Labute approximate surface area is 76.1 Å². The Morgan fingerprint density at radius 2 is 2.09 bits per heavy atom. The molecule has 0 fully saturated rings. The first-order valence-electron chi connectivity index (χ1n) is 3.50. The highest BCUT2D eigenvalue weighted by molar-refractivity contribution is 9.10. The molecule has 0 aliphatic rings. The first-order valence-corrected chi connectivity index (χ1v) is 4.29. The standard InChI is InChI=1S/C10H10Br/c1-3-4-9-5-8(2)6-10(11)7-9/h4-7H,1-2H3. The Morgan fingerprint density at radius 3 is 2.64 bits per heavy atom. The van der Waals surface area contributed by atoms with Crippen LogP contribution in [0.2, 0.25) is 0 Å². The van der Waals surface area contributed by atoms with Crippen LogP contribution < -0.4 is 0 Å². The molecule has 0 heterocycles. The lowest BCUT2D eigenvalue weighted by Crippen LogP contribution is -1.76. The van der Waals surface area contributed by atoms with Gasteiger partial charge in [0, 0.05) is 4.47 Å². The van der Waals surface area contributed by atoms with Gasteiger partial charge in [0.1, 0.15) is 0 Å². The average molecular weight is 210 g/mol. The molecule has 0 nitrogen and oxygen atoms in total. The summed E-state index contributed by atoms with van der Waals surface area (Å²) in [6.45, 7) is 3.98. The lowest BCUT2D eigenvalue weighted by Gasteiger charge is -1.97. The Bertz CT molecular complexity index is 254. The molecule has 0 bridgehead atoms. The predicted molar refractivity (Wildman–Crippen MR) is 52.3 cm³/mol. The summed E-state index contributed by atoms with van der Waals surface area (Å²) in [6.07, 6.45) is 4.96. The third-order valence-electron chi connectivity index (χ3n) is 1.38. The van der Waals surface area contributed by atoms with Crippen molar-refractivity contribution in [3.63, 3.8) is 0 Å². The third-order valence-corrected chi connectivity index (χ3v) is 1.83. The van der Waals surface area contributed by atoms with E-state index >= 15 is 0 Å². The van der Waals surface area contributed by atoms with Crippen molar-refractivity contribution in [2.45, 2.75) is 13.8 Å². The molecule has 1 radical (unpaired) electrons. The Hall–Kier alpha value is -0.560. The van der Waals surface area contributed by atoms with Gasteiger partial charge in [-0.25, -0.2) is 0 Å². The van der Waals surface area contributed by atoms with E-state index in [4.69, 9.17) is 0 Å². The van der Waals surface area contributed by atoms with E-state index in [-0.39, 0.29) is 0 Å². The molecule has 0 saturated heterocycles. The number of hydrogen-bond acceptors (Lipinski definition) is 0. The monoisotopic (exact) mass is 209 g/mol. The van der Waals surface area contributed by atoms with Gasteiger partial charge >= 0.3 is 0 Å². The molecule has 0 unspecified atom stereocenters. The Morgan fingerprint density at radius 1 is 1.36 bits per heavy atom. The summed E-state index contributed by atoms with van der Waals surface area (Å²) in [4.78, 5) is 0. The number of hydrogen-bond donors (Lipinski definition) is 0. The van der Waals surface area contributed by atoms with Crippen molar-refractivity contribution in [3.8, 4) is 0 Å². The molecule has 0 aliphatic carbocycles. The van der Waals surface area contributed by atoms with Crippen LogP contribution in [0.25, 0.3) is 6.08 Å². The fourth-order valence-electron chi connectivity index (χ4n) is 1.01. The highest BCUT2D eigenvalue weighted by Crippen LogP contribution is 2.15. The van der Waals surface area contributed by atoms with Crippen LogP contribution in [0.5, 0.6) is 0 Å². The van der Waals surface area contributed by atoms with Gasteiger partial charge in [-0.2, -0.15) is 0 Å². The number of aryl methyl sites for hydroxylation is 1. The summed E-state index contributed by atoms with van der Waals surface area (Å²) in [5.74, 6) is 0. The molecule has 1 rings (SSSR count). The van der Waals surface area contributed by atoms with Crippen LogP contribution in [-0.2, 0) is 0 Å². The van der Waals surface area contributed by atoms with E-state index in [1.807, 2.05) is 13.0 Å². The van der Waals surface area contributed by atoms with E-state index in [9.17, 15) is 0 Å². The lowest BCUT2D eigenvalue weighted by atomic mass is 10.1. The largest absolute Gasteiger partial charge is 0.0520 e. The van der Waals surface area contributed by atoms with Crippen molar-refractivity contribution in [2.24, 2.45) is 0 Å². The first kappa shape index (κ1) is 8.54. The van der Waals surface area contributed by atoms with Crippen LogP contribution in [0.3, 0.4) is 0 Å². The molecule has 1 heteroatoms. The van der Waals surface area contributed by atoms with Crippen molar-refractivity contribution in [1.82, 2.24) is 0 Å². The molecule has 0 spiro atoms. The molecule has 0 saturated carbocycles. The molecule has 0 amide bonds. The van der Waals surface area contributed by atoms with E-state index in [0.29, 0.717) is 0 Å². The summed E-state index contributed by atoms with van der Waals surface area (Å²) in [5.41, 5.74) is 2.46. The Kier molecular flexibility index (Phi) is 2.89. The van der Waals surface area contributed by atoms with E-state index in [2.05, 4.69) is 47.1 Å². The minimum absolute atomic E-state index is 1.12. The lowest BCUT2D eigenvalue weighted by molar-refractivity contribution is 1.43. The third kappa shape index (κ3) is 2.51. The fraction of sp³-hybridized carbons (Fsp3) is 0.200. The summed E-state index contributed by atoms with van der Waals surface area (Å²) in [5, 5.41) is 0. The normalized spacial score (nSPS) is 10.8. The molecule has 11 heavy (non-hydrogen) atoms. The zero-order valence-electron chi connectivity index (χ0n) is 6.69. The number of benzene rings is 1. The van der Waals surface area contributed by atoms with Gasteiger partial charge in [0.05, 0.1) is 0 Å². The molecule has 57 valence electrons. The molecule has 1 aromatic rings. The molecule has 1 aromatic carbocycles. The molecule has 0 N–H and O–H groups in total. The second-order valence-corrected chi connectivity index (χ2v) is 3.41. The second-order valence-electron chi connectivity index (χ2n) is 2.49. The molecule has 0 aliphatic heterocycles. The summed E-state index contributed by atoms with van der Waals surface area (Å²) in [7, 11) is 0. The van der Waals surface area contributed by atoms with Crippen molar-refractivity contribution in [3.05, 3.63) is 39.9 Å². The van der Waals surface area contributed by atoms with E-state index in [1.165, 1.54) is 11.1 Å². The van der Waals surface area contributed by atoms with Gasteiger partial charge in [-0.1, -0.05) is 28.1 Å². The van der Waals surface area contributed by atoms with E-state index in [1.54, 1.807) is 0 Å². The van der Waals surface area contributed by atoms with Gasteiger partial charge in [0.2, 0.25) is 0 Å². The van der Waals surface area contributed by atoms with Gasteiger partial charge in [0.15, 0.2) is 0 Å². The topological polar surface area (TPSA) is 0 Å². The van der Waals surface area contributed by atoms with E-state index in [0.717, 1.165) is 4.47 Å². The van der Waals surface area contributed by atoms with Crippen LogP contribution in [0.1, 0.15) is 18.1 Å². The maximum Gasteiger partial charge on any atom is 0.0183 e. The van der Waals surface area contributed by atoms with Crippen molar-refractivity contribution < 1.29 is 0 Å². The van der Waals surface area contributed by atoms with Crippen LogP contribution in [0.4, 0.5) is 0 Å². The van der Waals surface area contributed by atoms with Crippen molar-refractivity contribution in [2.75, 3.05) is 0 Å². The zero-order valence-corrected chi connectivity index (χ0v) is 8.27. The second kappa shape index (κ2) is 3.72. The van der Waals surface area contributed by atoms with Gasteiger partial charge in [-0.15, -0.1) is 0 Å². The Balaban J connectivity index is 3.08. The van der Waals surface area contributed by atoms with Gasteiger partial charge < -0.3 is 0 Å². The number of allylic oxidation sites excluding steroid dienone is 1. The number of halogens is 1. The summed E-state index contributed by atoms with van der Waals surface area (Å²) < 4.78 is 1.12. The van der Waals surface area contributed by atoms with Gasteiger partial charge in [0.25, 0.3) is 0 Å². The molecule has 0 atom stereocenters. The predicted octanol–water partition coefficient (Wildman–Crippen LogP) is 3.59. The highest BCUT2D eigenvalue weighted by atomic mass is 79.9. The SMILES string of the molecule is C[C]=Cc1cc(C)cc(Br)c1. The van der Waals surface area contributed by atoms with Crippen molar-refractivity contribution in [1.29, 1.82) is 0 Å². The minimum atomic E-state index is 1.12.